The first kappa shape index (κ1) is 11.5. The minimum atomic E-state index is -0.427. The summed E-state index contributed by atoms with van der Waals surface area (Å²) in [6.07, 6.45) is 4.08. The first-order valence-corrected chi connectivity index (χ1v) is 6.43. The number of hydrogen-bond donors (Lipinski definition) is 1. The molecule has 0 amide bonds. The van der Waals surface area contributed by atoms with E-state index in [1.165, 1.54) is 6.07 Å². The Kier molecular flexibility index (Phi) is 2.71. The zero-order valence-electron chi connectivity index (χ0n) is 10.1. The lowest BCUT2D eigenvalue weighted by molar-refractivity contribution is 0.414. The molecule has 0 radical (unpaired) electrons. The maximum atomic E-state index is 13.7. The number of hydrogen-bond acceptors (Lipinski definition) is 3. The van der Waals surface area contributed by atoms with Crippen LogP contribution in [0.3, 0.4) is 0 Å². The van der Waals surface area contributed by atoms with Gasteiger partial charge in [-0.25, -0.2) is 4.39 Å². The van der Waals surface area contributed by atoms with Crippen LogP contribution in [0.25, 0.3) is 0 Å². The summed E-state index contributed by atoms with van der Waals surface area (Å²) in [7, 11) is 0. The lowest BCUT2D eigenvalue weighted by Gasteiger charge is -2.39. The smallest absolute Gasteiger partial charge is 0.143 e. The minimum Gasteiger partial charge on any atom is -0.364 e. The molecule has 0 spiro atoms. The first-order chi connectivity index (χ1) is 8.70. The van der Waals surface area contributed by atoms with E-state index in [2.05, 4.69) is 4.90 Å². The van der Waals surface area contributed by atoms with Crippen molar-refractivity contribution in [3.8, 4) is 6.07 Å². The van der Waals surface area contributed by atoms with Crippen LogP contribution in [0, 0.1) is 17.1 Å². The van der Waals surface area contributed by atoms with Gasteiger partial charge < -0.3 is 10.6 Å². The molecule has 2 atom stereocenters. The molecular weight excluding hydrogens is 229 g/mol. The van der Waals surface area contributed by atoms with E-state index in [1.54, 1.807) is 6.07 Å². The van der Waals surface area contributed by atoms with Crippen LogP contribution in [-0.2, 0) is 0 Å². The van der Waals surface area contributed by atoms with Crippen LogP contribution >= 0.6 is 0 Å². The summed E-state index contributed by atoms with van der Waals surface area (Å²) in [6, 6.07) is 7.86. The van der Waals surface area contributed by atoms with Gasteiger partial charge in [0.2, 0.25) is 0 Å². The molecule has 18 heavy (non-hydrogen) atoms. The first-order valence-electron chi connectivity index (χ1n) is 6.43. The van der Waals surface area contributed by atoms with E-state index < -0.39 is 5.82 Å². The molecular formula is C14H16FN3. The highest BCUT2D eigenvalue weighted by Gasteiger charge is 2.40. The fourth-order valence-corrected chi connectivity index (χ4v) is 3.45. The predicted octanol–water partition coefficient (Wildman–Crippen LogP) is 2.16. The Morgan fingerprint density at radius 2 is 1.94 bits per heavy atom. The second kappa shape index (κ2) is 4.25. The van der Waals surface area contributed by atoms with Crippen molar-refractivity contribution in [3.05, 3.63) is 29.6 Å². The van der Waals surface area contributed by atoms with Crippen LogP contribution < -0.4 is 10.6 Å². The van der Waals surface area contributed by atoms with Gasteiger partial charge >= 0.3 is 0 Å². The third-order valence-corrected chi connectivity index (χ3v) is 4.15. The van der Waals surface area contributed by atoms with Gasteiger partial charge in [0.1, 0.15) is 17.4 Å². The molecule has 0 saturated carbocycles. The highest BCUT2D eigenvalue weighted by Crippen LogP contribution is 2.40. The average Bonchev–Trinajstić information content (AvgIpc) is 2.61. The molecule has 2 aliphatic rings. The minimum absolute atomic E-state index is 0.171. The zero-order valence-corrected chi connectivity index (χ0v) is 10.1. The van der Waals surface area contributed by atoms with Gasteiger partial charge in [0.25, 0.3) is 0 Å². The van der Waals surface area contributed by atoms with Crippen molar-refractivity contribution in [1.82, 2.24) is 0 Å². The summed E-state index contributed by atoms with van der Waals surface area (Å²) in [5.74, 6) is -0.427. The molecule has 2 unspecified atom stereocenters. The van der Waals surface area contributed by atoms with Crippen LogP contribution in [0.4, 0.5) is 10.1 Å². The maximum absolute atomic E-state index is 13.7. The lowest BCUT2D eigenvalue weighted by Crippen LogP contribution is -2.47. The van der Waals surface area contributed by atoms with Crippen LogP contribution in [0.2, 0.25) is 0 Å². The molecule has 3 nitrogen and oxygen atoms in total. The Bertz CT molecular complexity index is 494. The topological polar surface area (TPSA) is 53.0 Å². The van der Waals surface area contributed by atoms with E-state index >= 15 is 0 Å². The molecule has 1 aromatic carbocycles. The molecule has 2 heterocycles. The van der Waals surface area contributed by atoms with Gasteiger partial charge in [0.05, 0.1) is 5.69 Å². The number of piperidine rings is 1. The summed E-state index contributed by atoms with van der Waals surface area (Å²) in [4.78, 5) is 2.23. The van der Waals surface area contributed by atoms with Crippen molar-refractivity contribution in [2.45, 2.75) is 43.8 Å². The van der Waals surface area contributed by atoms with E-state index in [-0.39, 0.29) is 11.6 Å². The molecule has 2 fully saturated rings. The Morgan fingerprint density at radius 1 is 1.28 bits per heavy atom. The van der Waals surface area contributed by atoms with Gasteiger partial charge in [-0.05, 0) is 37.8 Å². The number of fused-ring (bicyclic) bond motifs is 2. The number of anilines is 1. The van der Waals surface area contributed by atoms with Crippen LogP contribution in [0.5, 0.6) is 0 Å². The van der Waals surface area contributed by atoms with E-state index in [1.807, 2.05) is 12.1 Å². The number of halogens is 1. The Morgan fingerprint density at radius 3 is 2.56 bits per heavy atom. The van der Waals surface area contributed by atoms with Crippen LogP contribution in [-0.4, -0.2) is 18.1 Å². The van der Waals surface area contributed by atoms with E-state index in [9.17, 15) is 4.39 Å². The number of rotatable bonds is 1. The summed E-state index contributed by atoms with van der Waals surface area (Å²) >= 11 is 0. The quantitative estimate of drug-likeness (QED) is 0.824. The van der Waals surface area contributed by atoms with Crippen molar-refractivity contribution in [2.75, 3.05) is 4.90 Å². The average molecular weight is 245 g/mol. The standard InChI is InChI=1S/C14H16FN3/c15-13-2-1-3-14(12(13)8-16)18-10-4-5-11(18)7-9(17)6-10/h1-3,9-11H,4-7,17H2. The molecule has 0 aromatic heterocycles. The molecule has 94 valence electrons. The second-order valence-electron chi connectivity index (χ2n) is 5.27. The van der Waals surface area contributed by atoms with Crippen molar-refractivity contribution < 1.29 is 4.39 Å². The number of nitriles is 1. The van der Waals surface area contributed by atoms with Gasteiger partial charge in [-0.1, -0.05) is 6.07 Å². The molecule has 2 saturated heterocycles. The van der Waals surface area contributed by atoms with E-state index in [0.29, 0.717) is 12.1 Å². The van der Waals surface area contributed by atoms with Gasteiger partial charge in [-0.3, -0.25) is 0 Å². The van der Waals surface area contributed by atoms with Gasteiger partial charge in [-0.2, -0.15) is 5.26 Å². The predicted molar refractivity (Wildman–Crippen MR) is 67.6 cm³/mol. The highest BCUT2D eigenvalue weighted by atomic mass is 19.1. The molecule has 2 bridgehead atoms. The highest BCUT2D eigenvalue weighted by molar-refractivity contribution is 5.62. The number of nitrogens with zero attached hydrogens (tertiary/aromatic N) is 2. The second-order valence-corrected chi connectivity index (χ2v) is 5.27. The van der Waals surface area contributed by atoms with Gasteiger partial charge in [0, 0.05) is 18.1 Å². The SMILES string of the molecule is N#Cc1c(F)cccc1N1C2CCC1CC(N)C2. The Balaban J connectivity index is 2.02. The monoisotopic (exact) mass is 245 g/mol. The molecule has 0 aliphatic carbocycles. The molecule has 4 heteroatoms. The normalized spacial score (nSPS) is 30.3. The summed E-state index contributed by atoms with van der Waals surface area (Å²) in [6.45, 7) is 0. The van der Waals surface area contributed by atoms with Crippen molar-refractivity contribution in [1.29, 1.82) is 5.26 Å². The summed E-state index contributed by atoms with van der Waals surface area (Å²) in [5.41, 5.74) is 6.95. The van der Waals surface area contributed by atoms with E-state index in [4.69, 9.17) is 11.0 Å². The fraction of sp³-hybridized carbons (Fsp3) is 0.500. The number of benzene rings is 1. The van der Waals surface area contributed by atoms with Crippen LogP contribution in [0.15, 0.2) is 18.2 Å². The lowest BCUT2D eigenvalue weighted by atomic mass is 9.96. The van der Waals surface area contributed by atoms with Crippen molar-refractivity contribution in [2.24, 2.45) is 5.73 Å². The zero-order chi connectivity index (χ0) is 12.7. The fourth-order valence-electron chi connectivity index (χ4n) is 3.45. The summed E-state index contributed by atoms with van der Waals surface area (Å²) < 4.78 is 13.7. The van der Waals surface area contributed by atoms with Crippen molar-refractivity contribution in [3.63, 3.8) is 0 Å². The Hall–Kier alpha value is -1.60. The molecule has 2 aliphatic heterocycles. The van der Waals surface area contributed by atoms with Gasteiger partial charge in [0.15, 0.2) is 0 Å². The largest absolute Gasteiger partial charge is 0.364 e. The molecule has 3 rings (SSSR count). The number of nitrogens with two attached hydrogens (primary N) is 1. The van der Waals surface area contributed by atoms with Crippen LogP contribution in [0.1, 0.15) is 31.2 Å². The third-order valence-electron chi connectivity index (χ3n) is 4.15. The molecule has 2 N–H and O–H groups in total. The van der Waals surface area contributed by atoms with Crippen molar-refractivity contribution >= 4 is 5.69 Å². The summed E-state index contributed by atoms with van der Waals surface area (Å²) in [5, 5.41) is 9.13. The Labute approximate surface area is 106 Å². The molecule has 1 aromatic rings. The van der Waals surface area contributed by atoms with E-state index in [0.717, 1.165) is 31.4 Å². The van der Waals surface area contributed by atoms with Gasteiger partial charge in [-0.15, -0.1) is 0 Å². The third kappa shape index (κ3) is 1.67. The maximum Gasteiger partial charge on any atom is 0.143 e.